The van der Waals surface area contributed by atoms with E-state index in [2.05, 4.69) is 4.98 Å². The summed E-state index contributed by atoms with van der Waals surface area (Å²) in [5, 5.41) is 8.56. The van der Waals surface area contributed by atoms with Gasteiger partial charge in [-0.1, -0.05) is 0 Å². The Bertz CT molecular complexity index is 406. The van der Waals surface area contributed by atoms with E-state index in [0.29, 0.717) is 0 Å². The third-order valence-electron chi connectivity index (χ3n) is 1.59. The SMILES string of the molecule is Cc1nc(I)cc(C(F)(F)F)c1C#N. The summed E-state index contributed by atoms with van der Waals surface area (Å²) in [5.74, 6) is 0. The van der Waals surface area contributed by atoms with Gasteiger partial charge in [0, 0.05) is 0 Å². The first-order valence-corrected chi connectivity index (χ1v) is 4.58. The predicted octanol–water partition coefficient (Wildman–Crippen LogP) is 2.89. The van der Waals surface area contributed by atoms with Gasteiger partial charge < -0.3 is 0 Å². The summed E-state index contributed by atoms with van der Waals surface area (Å²) < 4.78 is 37.5. The van der Waals surface area contributed by atoms with Crippen LogP contribution < -0.4 is 0 Å². The Labute approximate surface area is 91.9 Å². The van der Waals surface area contributed by atoms with Gasteiger partial charge in [-0.3, -0.25) is 0 Å². The number of nitrogens with zero attached hydrogens (tertiary/aromatic N) is 2. The van der Waals surface area contributed by atoms with Crippen molar-refractivity contribution in [3.8, 4) is 6.07 Å². The molecule has 6 heteroatoms. The lowest BCUT2D eigenvalue weighted by atomic mass is 10.1. The van der Waals surface area contributed by atoms with Crippen LogP contribution in [0.3, 0.4) is 0 Å². The van der Waals surface area contributed by atoms with Gasteiger partial charge in [0.1, 0.15) is 9.77 Å². The summed E-state index contributed by atoms with van der Waals surface area (Å²) >= 11 is 1.68. The third kappa shape index (κ3) is 2.15. The number of nitriles is 1. The van der Waals surface area contributed by atoms with Gasteiger partial charge in [-0.25, -0.2) is 4.98 Å². The topological polar surface area (TPSA) is 36.7 Å². The fourth-order valence-electron chi connectivity index (χ4n) is 0.999. The third-order valence-corrected chi connectivity index (χ3v) is 2.14. The number of hydrogen-bond donors (Lipinski definition) is 0. The lowest BCUT2D eigenvalue weighted by Crippen LogP contribution is -2.10. The number of rotatable bonds is 0. The lowest BCUT2D eigenvalue weighted by Gasteiger charge is -2.10. The summed E-state index contributed by atoms with van der Waals surface area (Å²) in [6, 6.07) is 2.38. The molecule has 0 bridgehead atoms. The molecule has 0 saturated heterocycles. The molecule has 0 N–H and O–H groups in total. The highest BCUT2D eigenvalue weighted by Gasteiger charge is 2.34. The monoisotopic (exact) mass is 312 g/mol. The first kappa shape index (κ1) is 11.2. The molecule has 1 aromatic heterocycles. The molecule has 0 aromatic carbocycles. The van der Waals surface area contributed by atoms with Gasteiger partial charge in [-0.2, -0.15) is 18.4 Å². The van der Waals surface area contributed by atoms with E-state index in [1.165, 1.54) is 13.0 Å². The smallest absolute Gasteiger partial charge is 0.246 e. The average Bonchev–Trinajstić information content (AvgIpc) is 2.01. The van der Waals surface area contributed by atoms with Crippen molar-refractivity contribution in [2.75, 3.05) is 0 Å². The molecule has 1 rings (SSSR count). The van der Waals surface area contributed by atoms with Gasteiger partial charge >= 0.3 is 6.18 Å². The van der Waals surface area contributed by atoms with E-state index in [1.807, 2.05) is 0 Å². The second-order valence-electron chi connectivity index (χ2n) is 2.56. The Morgan fingerprint density at radius 3 is 2.50 bits per heavy atom. The van der Waals surface area contributed by atoms with E-state index in [4.69, 9.17) is 5.26 Å². The highest BCUT2D eigenvalue weighted by atomic mass is 127. The molecule has 0 aliphatic rings. The van der Waals surface area contributed by atoms with Gasteiger partial charge in [0.2, 0.25) is 0 Å². The fourth-order valence-corrected chi connectivity index (χ4v) is 1.67. The summed E-state index contributed by atoms with van der Waals surface area (Å²) in [6.07, 6.45) is -4.50. The maximum Gasteiger partial charge on any atom is 0.417 e. The minimum Gasteiger partial charge on any atom is -0.246 e. The van der Waals surface area contributed by atoms with Crippen molar-refractivity contribution in [3.63, 3.8) is 0 Å². The van der Waals surface area contributed by atoms with E-state index in [9.17, 15) is 13.2 Å². The van der Waals surface area contributed by atoms with Gasteiger partial charge in [0.15, 0.2) is 0 Å². The highest BCUT2D eigenvalue weighted by molar-refractivity contribution is 14.1. The maximum atomic E-state index is 12.4. The Kier molecular flexibility index (Phi) is 2.99. The highest BCUT2D eigenvalue weighted by Crippen LogP contribution is 2.33. The van der Waals surface area contributed by atoms with E-state index in [1.54, 1.807) is 22.6 Å². The number of aryl methyl sites for hydroxylation is 1. The Balaban J connectivity index is 3.50. The minimum absolute atomic E-state index is 0.103. The maximum absolute atomic E-state index is 12.4. The summed E-state index contributed by atoms with van der Waals surface area (Å²) in [6.45, 7) is 1.38. The zero-order chi connectivity index (χ0) is 10.9. The lowest BCUT2D eigenvalue weighted by molar-refractivity contribution is -0.137. The molecule has 0 radical (unpaired) electrons. The summed E-state index contributed by atoms with van der Waals surface area (Å²) in [7, 11) is 0. The molecule has 0 amide bonds. The van der Waals surface area contributed by atoms with Crippen LogP contribution >= 0.6 is 22.6 Å². The van der Waals surface area contributed by atoms with Crippen molar-refractivity contribution < 1.29 is 13.2 Å². The Morgan fingerprint density at radius 2 is 2.07 bits per heavy atom. The molecule has 0 atom stereocenters. The van der Waals surface area contributed by atoms with E-state index >= 15 is 0 Å². The molecular formula is C8H4F3IN2. The standard InChI is InChI=1S/C8H4F3IN2/c1-4-5(3-13)6(8(9,10)11)2-7(12)14-4/h2H,1H3. The van der Waals surface area contributed by atoms with Crippen molar-refractivity contribution in [3.05, 3.63) is 26.6 Å². The largest absolute Gasteiger partial charge is 0.417 e. The van der Waals surface area contributed by atoms with Gasteiger partial charge in [-0.05, 0) is 35.6 Å². The zero-order valence-electron chi connectivity index (χ0n) is 6.98. The summed E-state index contributed by atoms with van der Waals surface area (Å²) in [4.78, 5) is 3.78. The molecule has 14 heavy (non-hydrogen) atoms. The van der Waals surface area contributed by atoms with Crippen molar-refractivity contribution in [2.24, 2.45) is 0 Å². The second kappa shape index (κ2) is 3.73. The second-order valence-corrected chi connectivity index (χ2v) is 3.67. The number of alkyl halides is 3. The molecule has 74 valence electrons. The molecule has 0 aliphatic carbocycles. The number of halogens is 4. The van der Waals surface area contributed by atoms with Crippen molar-refractivity contribution in [2.45, 2.75) is 13.1 Å². The Morgan fingerprint density at radius 1 is 1.50 bits per heavy atom. The average molecular weight is 312 g/mol. The number of pyridine rings is 1. The number of hydrogen-bond acceptors (Lipinski definition) is 2. The van der Waals surface area contributed by atoms with Crippen LogP contribution in [-0.2, 0) is 6.18 Å². The minimum atomic E-state index is -4.50. The molecule has 0 fully saturated rings. The van der Waals surface area contributed by atoms with Crippen molar-refractivity contribution >= 4 is 22.6 Å². The van der Waals surface area contributed by atoms with Crippen LogP contribution in [0.25, 0.3) is 0 Å². The van der Waals surface area contributed by atoms with Crippen LogP contribution in [0.4, 0.5) is 13.2 Å². The number of aromatic nitrogens is 1. The molecule has 1 aromatic rings. The van der Waals surface area contributed by atoms with E-state index in [-0.39, 0.29) is 9.39 Å². The van der Waals surface area contributed by atoms with Crippen molar-refractivity contribution in [1.82, 2.24) is 4.98 Å². The molecule has 2 nitrogen and oxygen atoms in total. The van der Waals surface area contributed by atoms with Crippen LogP contribution in [-0.4, -0.2) is 4.98 Å². The molecule has 0 aliphatic heterocycles. The van der Waals surface area contributed by atoms with Gasteiger partial charge in [0.05, 0.1) is 16.8 Å². The van der Waals surface area contributed by atoms with Gasteiger partial charge in [0.25, 0.3) is 0 Å². The van der Waals surface area contributed by atoms with Crippen LogP contribution in [0.1, 0.15) is 16.8 Å². The van der Waals surface area contributed by atoms with Crippen LogP contribution in [0.15, 0.2) is 6.07 Å². The van der Waals surface area contributed by atoms with E-state index in [0.717, 1.165) is 6.07 Å². The van der Waals surface area contributed by atoms with E-state index < -0.39 is 17.3 Å². The van der Waals surface area contributed by atoms with Gasteiger partial charge in [-0.15, -0.1) is 0 Å². The zero-order valence-corrected chi connectivity index (χ0v) is 9.14. The first-order chi connectivity index (χ1) is 6.36. The molecular weight excluding hydrogens is 308 g/mol. The molecule has 1 heterocycles. The Hall–Kier alpha value is -0.840. The van der Waals surface area contributed by atoms with Crippen LogP contribution in [0.5, 0.6) is 0 Å². The van der Waals surface area contributed by atoms with Crippen molar-refractivity contribution in [1.29, 1.82) is 5.26 Å². The quantitative estimate of drug-likeness (QED) is 0.545. The molecule has 0 unspecified atom stereocenters. The first-order valence-electron chi connectivity index (χ1n) is 3.50. The molecule has 0 spiro atoms. The normalized spacial score (nSPS) is 11.1. The fraction of sp³-hybridized carbons (Fsp3) is 0.250. The van der Waals surface area contributed by atoms with Crippen LogP contribution in [0, 0.1) is 22.0 Å². The molecule has 0 saturated carbocycles. The van der Waals surface area contributed by atoms with Crippen LogP contribution in [0.2, 0.25) is 0 Å². The summed E-state index contributed by atoms with van der Waals surface area (Å²) in [5.41, 5.74) is -1.22. The predicted molar refractivity (Wildman–Crippen MR) is 51.4 cm³/mol.